The lowest BCUT2D eigenvalue weighted by Gasteiger charge is -2.09. The third-order valence-electron chi connectivity index (χ3n) is 2.59. The van der Waals surface area contributed by atoms with Crippen LogP contribution < -0.4 is 4.74 Å². The standard InChI is InChI=1S/C15H13BrO4/c16-13-8-12(15(17)18)6-7-14(13)20-10-19-9-11-4-2-1-3-5-11/h1-8H,9-10H2,(H,17,18). The number of carboxylic acid groups (broad SMARTS) is 1. The summed E-state index contributed by atoms with van der Waals surface area (Å²) in [6.45, 7) is 0.561. The molecule has 2 rings (SSSR count). The third-order valence-corrected chi connectivity index (χ3v) is 3.21. The number of aromatic carboxylic acids is 1. The average Bonchev–Trinajstić information content (AvgIpc) is 2.46. The van der Waals surface area contributed by atoms with E-state index in [2.05, 4.69) is 15.9 Å². The summed E-state index contributed by atoms with van der Waals surface area (Å²) in [4.78, 5) is 10.8. The Morgan fingerprint density at radius 3 is 2.55 bits per heavy atom. The van der Waals surface area contributed by atoms with Gasteiger partial charge in [-0.05, 0) is 39.7 Å². The number of halogens is 1. The number of carbonyl (C=O) groups is 1. The summed E-state index contributed by atoms with van der Waals surface area (Å²) in [5.74, 6) is -0.430. The van der Waals surface area contributed by atoms with Gasteiger partial charge in [-0.15, -0.1) is 0 Å². The van der Waals surface area contributed by atoms with Crippen molar-refractivity contribution < 1.29 is 19.4 Å². The largest absolute Gasteiger partial charge is 0.478 e. The molecule has 20 heavy (non-hydrogen) atoms. The van der Waals surface area contributed by atoms with Crippen LogP contribution >= 0.6 is 15.9 Å². The molecule has 0 aliphatic carbocycles. The van der Waals surface area contributed by atoms with Crippen molar-refractivity contribution in [2.75, 3.05) is 6.79 Å². The van der Waals surface area contributed by atoms with Gasteiger partial charge in [0, 0.05) is 0 Å². The fraction of sp³-hybridized carbons (Fsp3) is 0.133. The zero-order valence-electron chi connectivity index (χ0n) is 10.6. The van der Waals surface area contributed by atoms with E-state index in [-0.39, 0.29) is 12.4 Å². The zero-order chi connectivity index (χ0) is 14.4. The van der Waals surface area contributed by atoms with Gasteiger partial charge in [0.05, 0.1) is 16.6 Å². The van der Waals surface area contributed by atoms with E-state index in [9.17, 15) is 4.79 Å². The molecule has 2 aromatic carbocycles. The molecule has 2 aromatic rings. The predicted molar refractivity (Wildman–Crippen MR) is 77.8 cm³/mol. The molecule has 0 spiro atoms. The van der Waals surface area contributed by atoms with Crippen LogP contribution in [0.5, 0.6) is 5.75 Å². The topological polar surface area (TPSA) is 55.8 Å². The predicted octanol–water partition coefficient (Wildman–Crippen LogP) is 3.70. The van der Waals surface area contributed by atoms with Crippen molar-refractivity contribution >= 4 is 21.9 Å². The first-order valence-electron chi connectivity index (χ1n) is 5.94. The number of hydrogen-bond donors (Lipinski definition) is 1. The average molecular weight is 337 g/mol. The Hall–Kier alpha value is -1.85. The van der Waals surface area contributed by atoms with Gasteiger partial charge in [0.2, 0.25) is 0 Å². The number of carboxylic acids is 1. The van der Waals surface area contributed by atoms with E-state index in [4.69, 9.17) is 14.6 Å². The van der Waals surface area contributed by atoms with Crippen molar-refractivity contribution in [3.8, 4) is 5.75 Å². The van der Waals surface area contributed by atoms with Crippen molar-refractivity contribution in [3.63, 3.8) is 0 Å². The molecular formula is C15H13BrO4. The van der Waals surface area contributed by atoms with Gasteiger partial charge in [-0.25, -0.2) is 4.79 Å². The Balaban J connectivity index is 1.84. The van der Waals surface area contributed by atoms with Gasteiger partial charge in [0.15, 0.2) is 6.79 Å². The molecule has 0 radical (unpaired) electrons. The van der Waals surface area contributed by atoms with E-state index in [1.807, 2.05) is 30.3 Å². The molecule has 0 aliphatic rings. The summed E-state index contributed by atoms with van der Waals surface area (Å²) in [6, 6.07) is 14.4. The van der Waals surface area contributed by atoms with Gasteiger partial charge in [0.25, 0.3) is 0 Å². The SMILES string of the molecule is O=C(O)c1ccc(OCOCc2ccccc2)c(Br)c1. The first-order valence-corrected chi connectivity index (χ1v) is 6.73. The van der Waals surface area contributed by atoms with Crippen molar-refractivity contribution in [2.24, 2.45) is 0 Å². The van der Waals surface area contributed by atoms with Gasteiger partial charge in [-0.3, -0.25) is 0 Å². The van der Waals surface area contributed by atoms with Crippen LogP contribution in [-0.2, 0) is 11.3 Å². The Kier molecular flexibility index (Phi) is 5.15. The maximum atomic E-state index is 10.8. The van der Waals surface area contributed by atoms with Crippen molar-refractivity contribution in [1.29, 1.82) is 0 Å². The first kappa shape index (κ1) is 14.6. The minimum Gasteiger partial charge on any atom is -0.478 e. The number of hydrogen-bond acceptors (Lipinski definition) is 3. The maximum absolute atomic E-state index is 10.8. The molecule has 0 fully saturated rings. The van der Waals surface area contributed by atoms with Crippen molar-refractivity contribution in [3.05, 3.63) is 64.1 Å². The molecule has 0 bridgehead atoms. The molecule has 0 aromatic heterocycles. The summed E-state index contributed by atoms with van der Waals surface area (Å²) in [5.41, 5.74) is 1.27. The lowest BCUT2D eigenvalue weighted by Crippen LogP contribution is -2.04. The van der Waals surface area contributed by atoms with Crippen LogP contribution in [0.1, 0.15) is 15.9 Å². The summed E-state index contributed by atoms with van der Waals surface area (Å²) in [6.07, 6.45) is 0. The summed E-state index contributed by atoms with van der Waals surface area (Å²) in [7, 11) is 0. The lowest BCUT2D eigenvalue weighted by atomic mass is 10.2. The van der Waals surface area contributed by atoms with Crippen LogP contribution in [0.25, 0.3) is 0 Å². The Labute approximate surface area is 125 Å². The van der Waals surface area contributed by atoms with E-state index in [1.165, 1.54) is 12.1 Å². The molecule has 0 atom stereocenters. The molecule has 0 saturated carbocycles. The molecule has 4 nitrogen and oxygen atoms in total. The van der Waals surface area contributed by atoms with Gasteiger partial charge in [-0.2, -0.15) is 0 Å². The molecule has 5 heteroatoms. The van der Waals surface area contributed by atoms with Gasteiger partial charge >= 0.3 is 5.97 Å². The van der Waals surface area contributed by atoms with E-state index in [0.29, 0.717) is 16.8 Å². The molecule has 104 valence electrons. The number of rotatable bonds is 6. The van der Waals surface area contributed by atoms with Crippen LogP contribution in [0.2, 0.25) is 0 Å². The highest BCUT2D eigenvalue weighted by atomic mass is 79.9. The van der Waals surface area contributed by atoms with Crippen molar-refractivity contribution in [1.82, 2.24) is 0 Å². The van der Waals surface area contributed by atoms with Crippen LogP contribution in [0.4, 0.5) is 0 Å². The molecule has 1 N–H and O–H groups in total. The van der Waals surface area contributed by atoms with Crippen LogP contribution in [0.15, 0.2) is 53.0 Å². The van der Waals surface area contributed by atoms with E-state index in [1.54, 1.807) is 6.07 Å². The van der Waals surface area contributed by atoms with Gasteiger partial charge in [0.1, 0.15) is 5.75 Å². The first-order chi connectivity index (χ1) is 9.66. The Morgan fingerprint density at radius 1 is 1.15 bits per heavy atom. The molecule has 0 saturated heterocycles. The van der Waals surface area contributed by atoms with E-state index >= 15 is 0 Å². The fourth-order valence-electron chi connectivity index (χ4n) is 1.59. The van der Waals surface area contributed by atoms with Crippen LogP contribution in [0, 0.1) is 0 Å². The molecule has 0 heterocycles. The van der Waals surface area contributed by atoms with Crippen LogP contribution in [-0.4, -0.2) is 17.9 Å². The van der Waals surface area contributed by atoms with E-state index < -0.39 is 5.97 Å². The summed E-state index contributed by atoms with van der Waals surface area (Å²) in [5, 5.41) is 8.85. The van der Waals surface area contributed by atoms with Crippen LogP contribution in [0.3, 0.4) is 0 Å². The van der Waals surface area contributed by atoms with Crippen molar-refractivity contribution in [2.45, 2.75) is 6.61 Å². The minimum absolute atomic E-state index is 0.0971. The maximum Gasteiger partial charge on any atom is 0.335 e. The second-order valence-corrected chi connectivity index (χ2v) is 4.90. The lowest BCUT2D eigenvalue weighted by molar-refractivity contribution is 0.00463. The quantitative estimate of drug-likeness (QED) is 0.645. The Bertz CT molecular complexity index is 584. The highest BCUT2D eigenvalue weighted by molar-refractivity contribution is 9.10. The summed E-state index contributed by atoms with van der Waals surface area (Å²) < 4.78 is 11.4. The monoisotopic (exact) mass is 336 g/mol. The Morgan fingerprint density at radius 2 is 1.90 bits per heavy atom. The zero-order valence-corrected chi connectivity index (χ0v) is 12.2. The summed E-state index contributed by atoms with van der Waals surface area (Å²) >= 11 is 3.27. The second kappa shape index (κ2) is 7.07. The molecule has 0 amide bonds. The highest BCUT2D eigenvalue weighted by Crippen LogP contribution is 2.26. The number of benzene rings is 2. The highest BCUT2D eigenvalue weighted by Gasteiger charge is 2.07. The van der Waals surface area contributed by atoms with Gasteiger partial charge in [-0.1, -0.05) is 30.3 Å². The van der Waals surface area contributed by atoms with E-state index in [0.717, 1.165) is 5.56 Å². The molecule has 0 aliphatic heterocycles. The number of ether oxygens (including phenoxy) is 2. The normalized spacial score (nSPS) is 10.2. The fourth-order valence-corrected chi connectivity index (χ4v) is 2.08. The minimum atomic E-state index is -0.974. The van der Waals surface area contributed by atoms with Gasteiger partial charge < -0.3 is 14.6 Å². The smallest absolute Gasteiger partial charge is 0.335 e. The molecule has 0 unspecified atom stereocenters. The molecular weight excluding hydrogens is 324 g/mol. The second-order valence-electron chi connectivity index (χ2n) is 4.05. The third kappa shape index (κ3) is 4.08.